The van der Waals surface area contributed by atoms with Crippen LogP contribution in [0.5, 0.6) is 0 Å². The fourth-order valence-electron chi connectivity index (χ4n) is 3.50. The van der Waals surface area contributed by atoms with Gasteiger partial charge in [0.1, 0.15) is 0 Å². The molecule has 2 unspecified atom stereocenters. The van der Waals surface area contributed by atoms with Crippen molar-refractivity contribution in [3.63, 3.8) is 0 Å². The maximum atomic E-state index is 4.22. The number of hydrogen-bond donors (Lipinski definition) is 0. The van der Waals surface area contributed by atoms with Crippen LogP contribution in [-0.2, 0) is 0 Å². The van der Waals surface area contributed by atoms with Gasteiger partial charge in [-0.25, -0.2) is 0 Å². The van der Waals surface area contributed by atoms with E-state index in [2.05, 4.69) is 59.4 Å². The van der Waals surface area contributed by atoms with Gasteiger partial charge in [-0.3, -0.25) is 0 Å². The highest BCUT2D eigenvalue weighted by Crippen LogP contribution is 2.41. The van der Waals surface area contributed by atoms with Crippen molar-refractivity contribution in [1.82, 2.24) is 0 Å². The summed E-state index contributed by atoms with van der Waals surface area (Å²) in [5.74, 6) is 1.12. The van der Waals surface area contributed by atoms with Crippen LogP contribution >= 0.6 is 0 Å². The zero-order valence-electron chi connectivity index (χ0n) is 13.0. The average Bonchev–Trinajstić information content (AvgIpc) is 2.36. The van der Waals surface area contributed by atoms with Crippen LogP contribution in [-0.4, -0.2) is 0 Å². The summed E-state index contributed by atoms with van der Waals surface area (Å²) in [4.78, 5) is 0. The minimum absolute atomic E-state index is 0.519. The minimum atomic E-state index is 0.519. The molecule has 0 N–H and O–H groups in total. The fraction of sp³-hybridized carbons (Fsp3) is 0.474. The summed E-state index contributed by atoms with van der Waals surface area (Å²) in [7, 11) is 0. The molecule has 0 nitrogen and oxygen atoms in total. The smallest absolute Gasteiger partial charge is 0.00887 e. The maximum Gasteiger partial charge on any atom is 0.00887 e. The zero-order valence-corrected chi connectivity index (χ0v) is 13.0. The molecule has 19 heavy (non-hydrogen) atoms. The van der Waals surface area contributed by atoms with Gasteiger partial charge in [0, 0.05) is 5.92 Å². The Labute approximate surface area is 118 Å². The predicted molar refractivity (Wildman–Crippen MR) is 84.8 cm³/mol. The topological polar surface area (TPSA) is 0 Å². The number of aryl methyl sites for hydroxylation is 2. The summed E-state index contributed by atoms with van der Waals surface area (Å²) in [6.07, 6.45) is 7.18. The molecule has 0 amide bonds. The zero-order chi connectivity index (χ0) is 14.2. The van der Waals surface area contributed by atoms with Crippen molar-refractivity contribution in [3.8, 4) is 0 Å². The molecule has 2 atom stereocenters. The Kier molecular flexibility index (Phi) is 3.99. The largest absolute Gasteiger partial charge is 0.0998 e. The van der Waals surface area contributed by atoms with Crippen LogP contribution in [0, 0.1) is 33.6 Å². The molecule has 0 saturated heterocycles. The van der Waals surface area contributed by atoms with Gasteiger partial charge in [0.05, 0.1) is 0 Å². The van der Waals surface area contributed by atoms with E-state index in [4.69, 9.17) is 0 Å². The number of hydrogen-bond acceptors (Lipinski definition) is 0. The normalized spacial score (nSPS) is 22.6. The van der Waals surface area contributed by atoms with Crippen LogP contribution in [0.25, 0.3) is 0 Å². The van der Waals surface area contributed by atoms with Crippen molar-refractivity contribution in [2.75, 3.05) is 0 Å². The quantitative estimate of drug-likeness (QED) is 0.607. The maximum absolute atomic E-state index is 4.22. The average molecular weight is 254 g/mol. The van der Waals surface area contributed by atoms with Gasteiger partial charge < -0.3 is 0 Å². The number of rotatable bonds is 2. The second-order valence-corrected chi connectivity index (χ2v) is 6.16. The van der Waals surface area contributed by atoms with E-state index >= 15 is 0 Å². The van der Waals surface area contributed by atoms with Gasteiger partial charge in [0.25, 0.3) is 0 Å². The van der Waals surface area contributed by atoms with Gasteiger partial charge >= 0.3 is 0 Å². The first kappa shape index (κ1) is 14.1. The molecule has 0 aliphatic heterocycles. The Bertz CT molecular complexity index is 531. The summed E-state index contributed by atoms with van der Waals surface area (Å²) in [6, 6.07) is 2.34. The molecule has 0 saturated carbocycles. The van der Waals surface area contributed by atoms with E-state index in [9.17, 15) is 0 Å². The van der Waals surface area contributed by atoms with E-state index in [-0.39, 0.29) is 0 Å². The molecule has 0 spiro atoms. The van der Waals surface area contributed by atoms with Crippen molar-refractivity contribution in [2.45, 2.75) is 53.4 Å². The van der Waals surface area contributed by atoms with Crippen molar-refractivity contribution in [1.29, 1.82) is 0 Å². The molecule has 0 bridgehead atoms. The lowest BCUT2D eigenvalue weighted by Gasteiger charge is -2.31. The van der Waals surface area contributed by atoms with E-state index in [0.717, 1.165) is 0 Å². The number of benzene rings is 1. The van der Waals surface area contributed by atoms with Crippen molar-refractivity contribution in [2.24, 2.45) is 5.92 Å². The second kappa shape index (κ2) is 5.36. The van der Waals surface area contributed by atoms with Crippen LogP contribution in [0.3, 0.4) is 0 Å². The van der Waals surface area contributed by atoms with Gasteiger partial charge in [0.15, 0.2) is 0 Å². The molecular formula is C19H26. The summed E-state index contributed by atoms with van der Waals surface area (Å²) < 4.78 is 0. The molecule has 102 valence electrons. The van der Waals surface area contributed by atoms with Crippen LogP contribution < -0.4 is 0 Å². The third-order valence-electron chi connectivity index (χ3n) is 4.80. The Morgan fingerprint density at radius 3 is 2.42 bits per heavy atom. The molecule has 1 aromatic carbocycles. The van der Waals surface area contributed by atoms with E-state index in [1.165, 1.54) is 46.2 Å². The van der Waals surface area contributed by atoms with E-state index < -0.39 is 0 Å². The third-order valence-corrected chi connectivity index (χ3v) is 4.80. The molecular weight excluding hydrogens is 228 g/mol. The first-order valence-corrected chi connectivity index (χ1v) is 7.32. The monoisotopic (exact) mass is 254 g/mol. The lowest BCUT2D eigenvalue weighted by molar-refractivity contribution is 0.492. The molecule has 1 aliphatic carbocycles. The molecule has 0 heteroatoms. The van der Waals surface area contributed by atoms with Crippen LogP contribution in [0.2, 0.25) is 0 Å². The molecule has 0 heterocycles. The molecule has 1 aromatic rings. The Morgan fingerprint density at radius 2 is 1.79 bits per heavy atom. The fourth-order valence-corrected chi connectivity index (χ4v) is 3.50. The number of allylic oxidation sites excluding steroid dienone is 3. The standard InChI is InChI=1S/C19H26/c1-12(2)17-9-7-8-10-18(17)19-14(4)11-13(3)15(5)16(19)6/h8,10-11,17-18H,1,7,9H2,2-6H3. The van der Waals surface area contributed by atoms with Crippen LogP contribution in [0.15, 0.2) is 30.4 Å². The highest BCUT2D eigenvalue weighted by atomic mass is 14.3. The molecule has 1 aliphatic rings. The first-order chi connectivity index (χ1) is 8.93. The molecule has 0 radical (unpaired) electrons. The van der Waals surface area contributed by atoms with Crippen LogP contribution in [0.1, 0.15) is 53.5 Å². The van der Waals surface area contributed by atoms with Crippen molar-refractivity contribution in [3.05, 3.63) is 58.2 Å². The Hall–Kier alpha value is -1.30. The van der Waals surface area contributed by atoms with Gasteiger partial charge in [-0.05, 0) is 81.2 Å². The molecule has 0 aromatic heterocycles. The summed E-state index contributed by atoms with van der Waals surface area (Å²) in [5.41, 5.74) is 8.62. The van der Waals surface area contributed by atoms with Gasteiger partial charge in [-0.1, -0.05) is 30.4 Å². The second-order valence-electron chi connectivity index (χ2n) is 6.16. The van der Waals surface area contributed by atoms with E-state index in [1.54, 1.807) is 0 Å². The lowest BCUT2D eigenvalue weighted by atomic mass is 9.73. The van der Waals surface area contributed by atoms with Crippen LogP contribution in [0.4, 0.5) is 0 Å². The van der Waals surface area contributed by atoms with E-state index in [0.29, 0.717) is 11.8 Å². The highest BCUT2D eigenvalue weighted by Gasteiger charge is 2.26. The summed E-state index contributed by atoms with van der Waals surface area (Å²) in [5, 5.41) is 0. The van der Waals surface area contributed by atoms with Crippen molar-refractivity contribution >= 4 is 0 Å². The Morgan fingerprint density at radius 1 is 1.11 bits per heavy atom. The van der Waals surface area contributed by atoms with Gasteiger partial charge in [-0.2, -0.15) is 0 Å². The first-order valence-electron chi connectivity index (χ1n) is 7.32. The Balaban J connectivity index is 2.57. The predicted octanol–water partition coefficient (Wildman–Crippen LogP) is 5.55. The lowest BCUT2D eigenvalue weighted by Crippen LogP contribution is -2.18. The SMILES string of the molecule is C=C(C)C1CCC=CC1c1c(C)cc(C)c(C)c1C. The summed E-state index contributed by atoms with van der Waals surface area (Å²) in [6.45, 7) is 15.4. The van der Waals surface area contributed by atoms with Gasteiger partial charge in [-0.15, -0.1) is 0 Å². The summed E-state index contributed by atoms with van der Waals surface area (Å²) >= 11 is 0. The van der Waals surface area contributed by atoms with Crippen molar-refractivity contribution < 1.29 is 0 Å². The third kappa shape index (κ3) is 2.54. The minimum Gasteiger partial charge on any atom is -0.0998 e. The molecule has 2 rings (SSSR count). The van der Waals surface area contributed by atoms with E-state index in [1.807, 2.05) is 0 Å². The highest BCUT2D eigenvalue weighted by molar-refractivity contribution is 5.48. The molecule has 0 fully saturated rings. The van der Waals surface area contributed by atoms with Gasteiger partial charge in [0.2, 0.25) is 0 Å².